The van der Waals surface area contributed by atoms with Crippen LogP contribution in [0.15, 0.2) is 31.0 Å². The van der Waals surface area contributed by atoms with Crippen LogP contribution in [0.5, 0.6) is 0 Å². The molecule has 0 spiro atoms. The SMILES string of the molecule is O=C1Cc2ncncc2-c2cnccc21. The van der Waals surface area contributed by atoms with E-state index in [0.29, 0.717) is 12.0 Å². The smallest absolute Gasteiger partial charge is 0.169 e. The Morgan fingerprint density at radius 2 is 1.93 bits per heavy atom. The number of hydrogen-bond donors (Lipinski definition) is 0. The summed E-state index contributed by atoms with van der Waals surface area (Å²) in [5.74, 6) is 0.0959. The van der Waals surface area contributed by atoms with Gasteiger partial charge >= 0.3 is 0 Å². The number of aromatic nitrogens is 3. The minimum Gasteiger partial charge on any atom is -0.294 e. The molecule has 2 heterocycles. The van der Waals surface area contributed by atoms with Crippen molar-refractivity contribution in [3.8, 4) is 11.1 Å². The molecule has 1 aliphatic carbocycles. The van der Waals surface area contributed by atoms with Crippen LogP contribution < -0.4 is 0 Å². The van der Waals surface area contributed by atoms with Gasteiger partial charge in [-0.15, -0.1) is 0 Å². The van der Waals surface area contributed by atoms with E-state index in [1.807, 2.05) is 0 Å². The second kappa shape index (κ2) is 2.95. The summed E-state index contributed by atoms with van der Waals surface area (Å²) in [6, 6.07) is 1.74. The molecule has 3 rings (SSSR count). The lowest BCUT2D eigenvalue weighted by atomic mass is 9.90. The van der Waals surface area contributed by atoms with Gasteiger partial charge in [0, 0.05) is 35.3 Å². The number of rotatable bonds is 0. The molecule has 0 amide bonds. The molecule has 4 nitrogen and oxygen atoms in total. The van der Waals surface area contributed by atoms with E-state index in [-0.39, 0.29) is 5.78 Å². The fourth-order valence-electron chi connectivity index (χ4n) is 1.82. The van der Waals surface area contributed by atoms with Gasteiger partial charge in [0.2, 0.25) is 0 Å². The van der Waals surface area contributed by atoms with Crippen molar-refractivity contribution in [3.63, 3.8) is 0 Å². The molecule has 0 fully saturated rings. The van der Waals surface area contributed by atoms with Crippen LogP contribution in [0.2, 0.25) is 0 Å². The first-order valence-electron chi connectivity index (χ1n) is 4.63. The lowest BCUT2D eigenvalue weighted by Gasteiger charge is -2.15. The summed E-state index contributed by atoms with van der Waals surface area (Å²) in [6.07, 6.45) is 6.87. The van der Waals surface area contributed by atoms with Gasteiger partial charge in [-0.3, -0.25) is 9.78 Å². The molecule has 0 aromatic carbocycles. The van der Waals surface area contributed by atoms with Gasteiger partial charge in [0.1, 0.15) is 6.33 Å². The third kappa shape index (κ3) is 1.15. The van der Waals surface area contributed by atoms with E-state index < -0.39 is 0 Å². The molecule has 0 bridgehead atoms. The lowest BCUT2D eigenvalue weighted by Crippen LogP contribution is -2.14. The van der Waals surface area contributed by atoms with Crippen LogP contribution in [-0.2, 0) is 6.42 Å². The number of pyridine rings is 1. The second-order valence-electron chi connectivity index (χ2n) is 3.40. The Morgan fingerprint density at radius 1 is 1.07 bits per heavy atom. The average molecular weight is 197 g/mol. The second-order valence-corrected chi connectivity index (χ2v) is 3.40. The molecular weight excluding hydrogens is 190 g/mol. The fraction of sp³-hybridized carbons (Fsp3) is 0.0909. The van der Waals surface area contributed by atoms with Crippen molar-refractivity contribution >= 4 is 5.78 Å². The number of carbonyl (C=O) groups is 1. The van der Waals surface area contributed by atoms with Crippen LogP contribution in [0.25, 0.3) is 11.1 Å². The molecule has 72 valence electrons. The van der Waals surface area contributed by atoms with Gasteiger partial charge in [-0.05, 0) is 6.07 Å². The first-order chi connectivity index (χ1) is 7.36. The Balaban J connectivity index is 2.34. The first kappa shape index (κ1) is 8.23. The molecule has 2 aromatic heterocycles. The standard InChI is InChI=1S/C11H7N3O/c15-11-3-10-9(5-13-6-14-10)8-4-12-2-1-7(8)11/h1-2,4-6H,3H2. The Labute approximate surface area is 86.0 Å². The largest absolute Gasteiger partial charge is 0.294 e. The molecule has 0 aliphatic heterocycles. The normalized spacial score (nSPS) is 13.2. The van der Waals surface area contributed by atoms with Crippen LogP contribution in [0.3, 0.4) is 0 Å². The van der Waals surface area contributed by atoms with E-state index in [1.54, 1.807) is 24.7 Å². The molecule has 0 radical (unpaired) electrons. The number of Topliss-reactive ketones (excluding diaryl/α,β-unsaturated/α-hetero) is 1. The molecule has 0 atom stereocenters. The minimum atomic E-state index is 0.0959. The van der Waals surface area contributed by atoms with Crippen molar-refractivity contribution < 1.29 is 4.79 Å². The molecule has 4 heteroatoms. The summed E-state index contributed by atoms with van der Waals surface area (Å²) in [5, 5.41) is 0. The van der Waals surface area contributed by atoms with Gasteiger partial charge in [0.25, 0.3) is 0 Å². The minimum absolute atomic E-state index is 0.0959. The third-order valence-electron chi connectivity index (χ3n) is 2.53. The number of nitrogens with zero attached hydrogens (tertiary/aromatic N) is 3. The summed E-state index contributed by atoms with van der Waals surface area (Å²) in [5.41, 5.74) is 3.26. The molecule has 1 aliphatic rings. The molecular formula is C11H7N3O. The van der Waals surface area contributed by atoms with E-state index in [1.165, 1.54) is 6.33 Å². The maximum absolute atomic E-state index is 11.8. The highest BCUT2D eigenvalue weighted by Gasteiger charge is 2.23. The summed E-state index contributed by atoms with van der Waals surface area (Å²) in [6.45, 7) is 0. The average Bonchev–Trinajstić information content (AvgIpc) is 2.30. The quantitative estimate of drug-likeness (QED) is 0.638. The van der Waals surface area contributed by atoms with E-state index in [2.05, 4.69) is 15.0 Å². The number of ketones is 1. The van der Waals surface area contributed by atoms with Crippen molar-refractivity contribution in [2.75, 3.05) is 0 Å². The van der Waals surface area contributed by atoms with Gasteiger partial charge in [-0.25, -0.2) is 9.97 Å². The Kier molecular flexibility index (Phi) is 1.62. The summed E-state index contributed by atoms with van der Waals surface area (Å²) in [4.78, 5) is 23.9. The third-order valence-corrected chi connectivity index (χ3v) is 2.53. The zero-order valence-electron chi connectivity index (χ0n) is 7.84. The highest BCUT2D eigenvalue weighted by molar-refractivity contribution is 6.06. The number of fused-ring (bicyclic) bond motifs is 3. The Bertz CT molecular complexity index is 551. The first-order valence-corrected chi connectivity index (χ1v) is 4.63. The van der Waals surface area contributed by atoms with Crippen LogP contribution >= 0.6 is 0 Å². The lowest BCUT2D eigenvalue weighted by molar-refractivity contribution is 0.0990. The van der Waals surface area contributed by atoms with Gasteiger partial charge in [0.05, 0.1) is 12.1 Å². The van der Waals surface area contributed by atoms with Crippen molar-refractivity contribution in [1.29, 1.82) is 0 Å². The van der Waals surface area contributed by atoms with Crippen LogP contribution in [-0.4, -0.2) is 20.7 Å². The van der Waals surface area contributed by atoms with E-state index in [0.717, 1.165) is 16.8 Å². The highest BCUT2D eigenvalue weighted by Crippen LogP contribution is 2.30. The highest BCUT2D eigenvalue weighted by atomic mass is 16.1. The number of hydrogen-bond acceptors (Lipinski definition) is 4. The van der Waals surface area contributed by atoms with Gasteiger partial charge in [0.15, 0.2) is 5.78 Å². The van der Waals surface area contributed by atoms with Gasteiger partial charge < -0.3 is 0 Å². The van der Waals surface area contributed by atoms with Gasteiger partial charge in [-0.2, -0.15) is 0 Å². The van der Waals surface area contributed by atoms with E-state index in [9.17, 15) is 4.79 Å². The molecule has 0 unspecified atom stereocenters. The number of carbonyl (C=O) groups excluding carboxylic acids is 1. The van der Waals surface area contributed by atoms with Gasteiger partial charge in [-0.1, -0.05) is 0 Å². The van der Waals surface area contributed by atoms with Crippen LogP contribution in [0.1, 0.15) is 16.1 Å². The van der Waals surface area contributed by atoms with Crippen LogP contribution in [0, 0.1) is 0 Å². The molecule has 0 N–H and O–H groups in total. The zero-order chi connectivity index (χ0) is 10.3. The zero-order valence-corrected chi connectivity index (χ0v) is 7.84. The van der Waals surface area contributed by atoms with Crippen molar-refractivity contribution in [3.05, 3.63) is 42.2 Å². The maximum Gasteiger partial charge on any atom is 0.169 e. The van der Waals surface area contributed by atoms with Crippen molar-refractivity contribution in [1.82, 2.24) is 15.0 Å². The molecule has 15 heavy (non-hydrogen) atoms. The molecule has 0 saturated heterocycles. The summed E-state index contributed by atoms with van der Waals surface area (Å²) < 4.78 is 0. The maximum atomic E-state index is 11.8. The predicted octanol–water partition coefficient (Wildman–Crippen LogP) is 1.28. The van der Waals surface area contributed by atoms with E-state index in [4.69, 9.17) is 0 Å². The van der Waals surface area contributed by atoms with Crippen LogP contribution in [0.4, 0.5) is 0 Å². The van der Waals surface area contributed by atoms with Crippen molar-refractivity contribution in [2.45, 2.75) is 6.42 Å². The fourth-order valence-corrected chi connectivity index (χ4v) is 1.82. The summed E-state index contributed by atoms with van der Waals surface area (Å²) >= 11 is 0. The van der Waals surface area contributed by atoms with Crippen molar-refractivity contribution in [2.24, 2.45) is 0 Å². The Morgan fingerprint density at radius 3 is 2.87 bits per heavy atom. The molecule has 2 aromatic rings. The topological polar surface area (TPSA) is 55.7 Å². The summed E-state index contributed by atoms with van der Waals surface area (Å²) in [7, 11) is 0. The molecule has 0 saturated carbocycles. The monoisotopic (exact) mass is 197 g/mol. The predicted molar refractivity (Wildman–Crippen MR) is 53.3 cm³/mol. The van der Waals surface area contributed by atoms with E-state index >= 15 is 0 Å². The Hall–Kier alpha value is -2.10.